The standard InChI is InChI=1S/C9H9Br2NOS2/c10-6-5-7(15-8(6)11)9(13)12-1-3-14-4-2-12/h5H,1-4H2. The molecule has 1 fully saturated rings. The average molecular weight is 371 g/mol. The molecule has 0 atom stereocenters. The predicted octanol–water partition coefficient (Wildman–Crippen LogP) is 3.46. The van der Waals surface area contributed by atoms with Gasteiger partial charge in [0.05, 0.1) is 8.66 Å². The summed E-state index contributed by atoms with van der Waals surface area (Å²) in [4.78, 5) is 14.8. The fourth-order valence-corrected chi connectivity index (χ4v) is 4.28. The monoisotopic (exact) mass is 369 g/mol. The van der Waals surface area contributed by atoms with Gasteiger partial charge in [0.15, 0.2) is 0 Å². The van der Waals surface area contributed by atoms with Gasteiger partial charge in [-0.15, -0.1) is 11.3 Å². The van der Waals surface area contributed by atoms with Crippen LogP contribution in [0.5, 0.6) is 0 Å². The van der Waals surface area contributed by atoms with Gasteiger partial charge in [0, 0.05) is 29.1 Å². The Bertz CT molecular complexity index is 355. The van der Waals surface area contributed by atoms with Gasteiger partial charge in [-0.3, -0.25) is 4.79 Å². The van der Waals surface area contributed by atoms with Crippen molar-refractivity contribution in [2.24, 2.45) is 0 Å². The van der Waals surface area contributed by atoms with Crippen LogP contribution in [0.25, 0.3) is 0 Å². The number of hydrogen-bond donors (Lipinski definition) is 0. The van der Waals surface area contributed by atoms with Crippen LogP contribution in [0.4, 0.5) is 0 Å². The molecule has 1 aliphatic rings. The van der Waals surface area contributed by atoms with E-state index in [0.29, 0.717) is 0 Å². The minimum absolute atomic E-state index is 0.159. The lowest BCUT2D eigenvalue weighted by molar-refractivity contribution is 0.0777. The molecule has 0 bridgehead atoms. The highest BCUT2D eigenvalue weighted by Gasteiger charge is 2.20. The zero-order chi connectivity index (χ0) is 10.8. The van der Waals surface area contributed by atoms with Crippen molar-refractivity contribution < 1.29 is 4.79 Å². The SMILES string of the molecule is O=C(c1cc(Br)c(Br)s1)N1CCSCC1. The van der Waals surface area contributed by atoms with Crippen molar-refractivity contribution >= 4 is 60.9 Å². The Hall–Kier alpha value is 0.480. The van der Waals surface area contributed by atoms with E-state index in [1.807, 2.05) is 22.7 Å². The van der Waals surface area contributed by atoms with Gasteiger partial charge in [0.25, 0.3) is 5.91 Å². The Balaban J connectivity index is 2.12. The Morgan fingerprint density at radius 3 is 2.53 bits per heavy atom. The topological polar surface area (TPSA) is 20.3 Å². The van der Waals surface area contributed by atoms with Crippen molar-refractivity contribution in [3.63, 3.8) is 0 Å². The third-order valence-corrected chi connectivity index (χ3v) is 6.34. The summed E-state index contributed by atoms with van der Waals surface area (Å²) in [7, 11) is 0. The molecule has 0 radical (unpaired) electrons. The Labute approximate surface area is 114 Å². The summed E-state index contributed by atoms with van der Waals surface area (Å²) in [5.74, 6) is 2.27. The van der Waals surface area contributed by atoms with Crippen molar-refractivity contribution in [3.05, 3.63) is 19.2 Å². The van der Waals surface area contributed by atoms with Crippen LogP contribution in [0.2, 0.25) is 0 Å². The molecule has 82 valence electrons. The van der Waals surface area contributed by atoms with Crippen LogP contribution in [-0.4, -0.2) is 35.4 Å². The van der Waals surface area contributed by atoms with E-state index < -0.39 is 0 Å². The maximum atomic E-state index is 12.1. The number of hydrogen-bond acceptors (Lipinski definition) is 3. The summed E-state index contributed by atoms with van der Waals surface area (Å²) in [6.45, 7) is 1.74. The molecule has 2 heterocycles. The first-order valence-corrected chi connectivity index (χ1v) is 8.06. The molecular formula is C9H9Br2NOS2. The lowest BCUT2D eigenvalue weighted by atomic mass is 10.4. The smallest absolute Gasteiger partial charge is 0.264 e. The average Bonchev–Trinajstić information content (AvgIpc) is 2.59. The van der Waals surface area contributed by atoms with Crippen molar-refractivity contribution in [3.8, 4) is 0 Å². The number of amides is 1. The minimum atomic E-state index is 0.159. The van der Waals surface area contributed by atoms with Crippen LogP contribution in [-0.2, 0) is 0 Å². The number of carbonyl (C=O) groups excluding carboxylic acids is 1. The molecule has 6 heteroatoms. The van der Waals surface area contributed by atoms with Crippen LogP contribution >= 0.6 is 55.0 Å². The first kappa shape index (κ1) is 12.0. The second-order valence-corrected chi connectivity index (χ2v) is 7.59. The van der Waals surface area contributed by atoms with Gasteiger partial charge in [-0.2, -0.15) is 11.8 Å². The molecule has 0 unspecified atom stereocenters. The first-order valence-electron chi connectivity index (χ1n) is 4.50. The molecule has 1 amide bonds. The molecule has 2 rings (SSSR count). The summed E-state index contributed by atoms with van der Waals surface area (Å²) in [5, 5.41) is 0. The molecule has 0 aromatic carbocycles. The van der Waals surface area contributed by atoms with E-state index in [1.165, 1.54) is 11.3 Å². The van der Waals surface area contributed by atoms with Crippen LogP contribution in [0.15, 0.2) is 14.3 Å². The maximum Gasteiger partial charge on any atom is 0.264 e. The quantitative estimate of drug-likeness (QED) is 0.754. The van der Waals surface area contributed by atoms with E-state index >= 15 is 0 Å². The Kier molecular flexibility index (Phi) is 4.15. The molecular weight excluding hydrogens is 362 g/mol. The van der Waals surface area contributed by atoms with Gasteiger partial charge in [0.1, 0.15) is 0 Å². The van der Waals surface area contributed by atoms with E-state index in [9.17, 15) is 4.79 Å². The second-order valence-electron chi connectivity index (χ2n) is 3.14. The highest BCUT2D eigenvalue weighted by atomic mass is 79.9. The van der Waals surface area contributed by atoms with Gasteiger partial charge in [-0.05, 0) is 37.9 Å². The molecule has 2 nitrogen and oxygen atoms in total. The predicted molar refractivity (Wildman–Crippen MR) is 72.9 cm³/mol. The molecule has 1 aliphatic heterocycles. The molecule has 1 saturated heterocycles. The van der Waals surface area contributed by atoms with Gasteiger partial charge < -0.3 is 4.90 Å². The molecule has 1 aromatic rings. The molecule has 0 aliphatic carbocycles. The summed E-state index contributed by atoms with van der Waals surface area (Å²) in [6, 6.07) is 1.89. The fraction of sp³-hybridized carbons (Fsp3) is 0.444. The number of nitrogens with zero attached hydrogens (tertiary/aromatic N) is 1. The van der Waals surface area contributed by atoms with Gasteiger partial charge in [0.2, 0.25) is 0 Å². The van der Waals surface area contributed by atoms with E-state index in [4.69, 9.17) is 0 Å². The number of carbonyl (C=O) groups is 1. The van der Waals surface area contributed by atoms with Crippen LogP contribution < -0.4 is 0 Å². The lowest BCUT2D eigenvalue weighted by Gasteiger charge is -2.25. The highest BCUT2D eigenvalue weighted by molar-refractivity contribution is 9.13. The van der Waals surface area contributed by atoms with Gasteiger partial charge >= 0.3 is 0 Å². The Morgan fingerprint density at radius 2 is 2.00 bits per heavy atom. The van der Waals surface area contributed by atoms with Crippen molar-refractivity contribution in [1.29, 1.82) is 0 Å². The van der Waals surface area contributed by atoms with Gasteiger partial charge in [-0.25, -0.2) is 0 Å². The molecule has 15 heavy (non-hydrogen) atoms. The summed E-state index contributed by atoms with van der Waals surface area (Å²) in [6.07, 6.45) is 0. The summed E-state index contributed by atoms with van der Waals surface area (Å²) in [5.41, 5.74) is 0. The van der Waals surface area contributed by atoms with Crippen molar-refractivity contribution in [1.82, 2.24) is 4.90 Å². The van der Waals surface area contributed by atoms with E-state index in [1.54, 1.807) is 0 Å². The molecule has 0 saturated carbocycles. The van der Waals surface area contributed by atoms with Crippen LogP contribution in [0, 0.1) is 0 Å². The summed E-state index contributed by atoms with van der Waals surface area (Å²) < 4.78 is 1.94. The number of rotatable bonds is 1. The maximum absolute atomic E-state index is 12.1. The highest BCUT2D eigenvalue weighted by Crippen LogP contribution is 2.33. The largest absolute Gasteiger partial charge is 0.336 e. The molecule has 0 spiro atoms. The third-order valence-electron chi connectivity index (χ3n) is 2.15. The van der Waals surface area contributed by atoms with E-state index in [-0.39, 0.29) is 5.91 Å². The number of thioether (sulfide) groups is 1. The third kappa shape index (κ3) is 2.78. The van der Waals surface area contributed by atoms with Gasteiger partial charge in [-0.1, -0.05) is 0 Å². The van der Waals surface area contributed by atoms with Crippen molar-refractivity contribution in [2.75, 3.05) is 24.6 Å². The lowest BCUT2D eigenvalue weighted by Crippen LogP contribution is -2.37. The molecule has 1 aromatic heterocycles. The number of thiophene rings is 1. The zero-order valence-electron chi connectivity index (χ0n) is 7.83. The number of halogens is 2. The van der Waals surface area contributed by atoms with Crippen LogP contribution in [0.1, 0.15) is 9.67 Å². The van der Waals surface area contributed by atoms with E-state index in [0.717, 1.165) is 37.7 Å². The fourth-order valence-electron chi connectivity index (χ4n) is 1.37. The molecule has 0 N–H and O–H groups in total. The Morgan fingerprint density at radius 1 is 1.33 bits per heavy atom. The van der Waals surface area contributed by atoms with E-state index in [2.05, 4.69) is 31.9 Å². The zero-order valence-corrected chi connectivity index (χ0v) is 12.6. The van der Waals surface area contributed by atoms with Crippen molar-refractivity contribution in [2.45, 2.75) is 0 Å². The first-order chi connectivity index (χ1) is 7.18. The normalized spacial score (nSPS) is 16.8. The van der Waals surface area contributed by atoms with Crippen LogP contribution in [0.3, 0.4) is 0 Å². The minimum Gasteiger partial charge on any atom is -0.336 e. The second kappa shape index (κ2) is 5.21. The summed E-state index contributed by atoms with van der Waals surface area (Å²) >= 11 is 10.2.